The fourth-order valence-corrected chi connectivity index (χ4v) is 2.95. The van der Waals surface area contributed by atoms with Gasteiger partial charge in [0.2, 0.25) is 0 Å². The molecular weight excluding hydrogens is 354 g/mol. The molecule has 142 valence electrons. The summed E-state index contributed by atoms with van der Waals surface area (Å²) in [6.45, 7) is 2.65. The Hall–Kier alpha value is -3.16. The van der Waals surface area contributed by atoms with Gasteiger partial charge in [-0.2, -0.15) is 0 Å². The quantitative estimate of drug-likeness (QED) is 0.841. The van der Waals surface area contributed by atoms with Crippen molar-refractivity contribution in [3.63, 3.8) is 0 Å². The summed E-state index contributed by atoms with van der Waals surface area (Å²) in [5.41, 5.74) is 0.212. The molecule has 4 amide bonds. The van der Waals surface area contributed by atoms with Crippen LogP contribution in [0.25, 0.3) is 0 Å². The maximum Gasteiger partial charge on any atom is 0.322 e. The molecule has 0 aliphatic carbocycles. The first kappa shape index (κ1) is 18.6. The minimum Gasteiger partial charge on any atom is -0.321 e. The first-order valence-corrected chi connectivity index (χ1v) is 8.58. The third-order valence-electron chi connectivity index (χ3n) is 4.41. The van der Waals surface area contributed by atoms with Crippen molar-refractivity contribution in [2.45, 2.75) is 13.0 Å². The van der Waals surface area contributed by atoms with Crippen LogP contribution in [0.2, 0.25) is 0 Å². The number of para-hydroxylation sites is 2. The molecule has 1 aliphatic heterocycles. The number of rotatable bonds is 2. The molecule has 0 spiro atoms. The molecule has 0 bridgehead atoms. The highest BCUT2D eigenvalue weighted by atomic mass is 19.1. The van der Waals surface area contributed by atoms with E-state index in [1.54, 1.807) is 36.1 Å². The van der Waals surface area contributed by atoms with Crippen molar-refractivity contribution < 1.29 is 18.4 Å². The van der Waals surface area contributed by atoms with Crippen molar-refractivity contribution in [3.8, 4) is 0 Å². The molecule has 6 nitrogen and oxygen atoms in total. The molecule has 1 atom stereocenters. The van der Waals surface area contributed by atoms with E-state index in [9.17, 15) is 18.4 Å². The topological polar surface area (TPSA) is 64.7 Å². The van der Waals surface area contributed by atoms with Gasteiger partial charge >= 0.3 is 12.1 Å². The standard InChI is InChI=1S/C19H20F2N4O2/c1-13-12-24(18(26)22-16-8-4-2-6-14(16)20)10-11-25(13)19(27)23-17-9-5-3-7-15(17)21/h2-9,13H,10-12H2,1H3,(H,22,26)(H,23,27)/t13-/m1/s1. The maximum atomic E-state index is 13.7. The third-order valence-corrected chi connectivity index (χ3v) is 4.41. The minimum atomic E-state index is -0.513. The lowest BCUT2D eigenvalue weighted by Crippen LogP contribution is -2.57. The molecule has 1 fully saturated rings. The number of urea groups is 2. The normalized spacial score (nSPS) is 16.8. The van der Waals surface area contributed by atoms with E-state index in [4.69, 9.17) is 0 Å². The van der Waals surface area contributed by atoms with E-state index < -0.39 is 23.7 Å². The van der Waals surface area contributed by atoms with Crippen molar-refractivity contribution in [3.05, 3.63) is 60.2 Å². The number of hydrogen-bond donors (Lipinski definition) is 2. The zero-order chi connectivity index (χ0) is 19.4. The Morgan fingerprint density at radius 3 is 1.93 bits per heavy atom. The highest BCUT2D eigenvalue weighted by Gasteiger charge is 2.30. The summed E-state index contributed by atoms with van der Waals surface area (Å²) in [5, 5.41) is 5.08. The van der Waals surface area contributed by atoms with Crippen molar-refractivity contribution in [2.24, 2.45) is 0 Å². The number of anilines is 2. The summed E-state index contributed by atoms with van der Waals surface area (Å²) >= 11 is 0. The summed E-state index contributed by atoms with van der Waals surface area (Å²) in [6, 6.07) is 10.7. The molecule has 8 heteroatoms. The van der Waals surface area contributed by atoms with E-state index in [-0.39, 0.29) is 37.1 Å². The number of nitrogens with zero attached hydrogens (tertiary/aromatic N) is 2. The van der Waals surface area contributed by atoms with E-state index in [2.05, 4.69) is 10.6 Å². The Morgan fingerprint density at radius 1 is 0.889 bits per heavy atom. The van der Waals surface area contributed by atoms with E-state index >= 15 is 0 Å². The number of carbonyl (C=O) groups is 2. The van der Waals surface area contributed by atoms with Gasteiger partial charge < -0.3 is 20.4 Å². The van der Waals surface area contributed by atoms with Crippen LogP contribution in [0.4, 0.5) is 29.7 Å². The van der Waals surface area contributed by atoms with Crippen LogP contribution in [0.3, 0.4) is 0 Å². The molecule has 1 aliphatic rings. The fourth-order valence-electron chi connectivity index (χ4n) is 2.95. The highest BCUT2D eigenvalue weighted by Crippen LogP contribution is 2.18. The van der Waals surface area contributed by atoms with Gasteiger partial charge in [0.1, 0.15) is 11.6 Å². The Labute approximate surface area is 155 Å². The van der Waals surface area contributed by atoms with Gasteiger partial charge in [-0.3, -0.25) is 0 Å². The summed E-state index contributed by atoms with van der Waals surface area (Å²) in [5.74, 6) is -1.02. The lowest BCUT2D eigenvalue weighted by molar-refractivity contribution is 0.124. The Balaban J connectivity index is 1.58. The highest BCUT2D eigenvalue weighted by molar-refractivity contribution is 5.91. The van der Waals surface area contributed by atoms with Crippen molar-refractivity contribution in [1.29, 1.82) is 0 Å². The monoisotopic (exact) mass is 374 g/mol. The number of benzene rings is 2. The zero-order valence-electron chi connectivity index (χ0n) is 14.8. The second-order valence-corrected chi connectivity index (χ2v) is 6.31. The Morgan fingerprint density at radius 2 is 1.41 bits per heavy atom. The van der Waals surface area contributed by atoms with Gasteiger partial charge in [0.25, 0.3) is 0 Å². The van der Waals surface area contributed by atoms with Crippen LogP contribution >= 0.6 is 0 Å². The number of amides is 4. The average molecular weight is 374 g/mol. The molecule has 27 heavy (non-hydrogen) atoms. The van der Waals surface area contributed by atoms with Crippen LogP contribution in [0, 0.1) is 11.6 Å². The van der Waals surface area contributed by atoms with Gasteiger partial charge in [-0.15, -0.1) is 0 Å². The van der Waals surface area contributed by atoms with Gasteiger partial charge in [0.05, 0.1) is 11.4 Å². The van der Waals surface area contributed by atoms with Crippen molar-refractivity contribution >= 4 is 23.4 Å². The van der Waals surface area contributed by atoms with E-state index in [0.29, 0.717) is 0 Å². The molecule has 1 saturated heterocycles. The number of halogens is 2. The lowest BCUT2D eigenvalue weighted by atomic mass is 10.2. The second-order valence-electron chi connectivity index (χ2n) is 6.31. The fraction of sp³-hybridized carbons (Fsp3) is 0.263. The molecule has 2 N–H and O–H groups in total. The predicted octanol–water partition coefficient (Wildman–Crippen LogP) is 3.73. The van der Waals surface area contributed by atoms with Crippen molar-refractivity contribution in [2.75, 3.05) is 30.3 Å². The lowest BCUT2D eigenvalue weighted by Gasteiger charge is -2.39. The van der Waals surface area contributed by atoms with Crippen LogP contribution in [0.15, 0.2) is 48.5 Å². The predicted molar refractivity (Wildman–Crippen MR) is 98.6 cm³/mol. The van der Waals surface area contributed by atoms with E-state index in [1.165, 1.54) is 29.2 Å². The van der Waals surface area contributed by atoms with Gasteiger partial charge in [-0.25, -0.2) is 18.4 Å². The molecule has 0 saturated carbocycles. The molecule has 0 unspecified atom stereocenters. The van der Waals surface area contributed by atoms with Crippen LogP contribution in [0.5, 0.6) is 0 Å². The van der Waals surface area contributed by atoms with Gasteiger partial charge in [-0.1, -0.05) is 24.3 Å². The van der Waals surface area contributed by atoms with E-state index in [0.717, 1.165) is 0 Å². The zero-order valence-corrected chi connectivity index (χ0v) is 14.8. The second kappa shape index (κ2) is 8.03. The van der Waals surface area contributed by atoms with Crippen molar-refractivity contribution in [1.82, 2.24) is 9.80 Å². The summed E-state index contributed by atoms with van der Waals surface area (Å²) in [7, 11) is 0. The van der Waals surface area contributed by atoms with Crippen LogP contribution in [-0.4, -0.2) is 47.5 Å². The first-order chi connectivity index (χ1) is 13.0. The average Bonchev–Trinajstić information content (AvgIpc) is 2.65. The van der Waals surface area contributed by atoms with Crippen LogP contribution in [0.1, 0.15) is 6.92 Å². The third kappa shape index (κ3) is 4.33. The summed E-state index contributed by atoms with van der Waals surface area (Å²) < 4.78 is 27.4. The summed E-state index contributed by atoms with van der Waals surface area (Å²) in [4.78, 5) is 27.8. The molecule has 0 radical (unpaired) electrons. The Kier molecular flexibility index (Phi) is 5.54. The smallest absolute Gasteiger partial charge is 0.321 e. The van der Waals surface area contributed by atoms with Crippen LogP contribution < -0.4 is 10.6 Å². The molecule has 2 aromatic rings. The molecule has 3 rings (SSSR count). The number of nitrogens with one attached hydrogen (secondary N) is 2. The maximum absolute atomic E-state index is 13.7. The molecule has 1 heterocycles. The SMILES string of the molecule is C[C@@H]1CN(C(=O)Nc2ccccc2F)CCN1C(=O)Nc1ccccc1F. The summed E-state index contributed by atoms with van der Waals surface area (Å²) in [6.07, 6.45) is 0. The van der Waals surface area contributed by atoms with Gasteiger partial charge in [0, 0.05) is 25.7 Å². The number of piperazine rings is 1. The molecule has 0 aromatic heterocycles. The molecule has 2 aromatic carbocycles. The number of hydrogen-bond acceptors (Lipinski definition) is 2. The van der Waals surface area contributed by atoms with E-state index in [1.807, 2.05) is 0 Å². The molecular formula is C19H20F2N4O2. The Bertz CT molecular complexity index is 846. The van der Waals surface area contributed by atoms with Crippen LogP contribution in [-0.2, 0) is 0 Å². The minimum absolute atomic E-state index is 0.106. The first-order valence-electron chi connectivity index (χ1n) is 8.58. The largest absolute Gasteiger partial charge is 0.322 e. The number of carbonyl (C=O) groups excluding carboxylic acids is 2. The van der Waals surface area contributed by atoms with Gasteiger partial charge in [-0.05, 0) is 31.2 Å². The van der Waals surface area contributed by atoms with Gasteiger partial charge in [0.15, 0.2) is 0 Å².